The van der Waals surface area contributed by atoms with Gasteiger partial charge in [0.1, 0.15) is 17.3 Å². The molecule has 1 atom stereocenters. The van der Waals surface area contributed by atoms with Crippen LogP contribution in [-0.4, -0.2) is 68.6 Å². The smallest absolute Gasteiger partial charge is 0.274 e. The molecular formula is C27H36F2N6O3. The van der Waals surface area contributed by atoms with Gasteiger partial charge in [0.25, 0.3) is 17.7 Å². The van der Waals surface area contributed by atoms with Gasteiger partial charge in [0, 0.05) is 49.3 Å². The molecule has 2 aliphatic rings. The van der Waals surface area contributed by atoms with Crippen molar-refractivity contribution in [2.75, 3.05) is 13.1 Å². The minimum atomic E-state index is -1.29. The Labute approximate surface area is 221 Å². The standard InChI is InChI=1S/C27H36F2N6O3/c1-27(2,3)22-15-21(33(4)32-22)26(38)35-11-5-10-34(25(37)16-12-17(28)14-18(29)13-16)24(35)23(36)31-20-8-6-19(30)7-9-20/h12-15,19-20,24H,5-11,30H2,1-4H3,(H,31,36). The lowest BCUT2D eigenvalue weighted by atomic mass is 9.91. The van der Waals surface area contributed by atoms with E-state index in [1.54, 1.807) is 13.1 Å². The summed E-state index contributed by atoms with van der Waals surface area (Å²) in [5.74, 6) is -3.50. The number of rotatable bonds is 4. The van der Waals surface area contributed by atoms with Crippen molar-refractivity contribution in [1.82, 2.24) is 24.9 Å². The quantitative estimate of drug-likeness (QED) is 0.631. The predicted molar refractivity (Wildman–Crippen MR) is 137 cm³/mol. The van der Waals surface area contributed by atoms with Crippen molar-refractivity contribution in [2.45, 2.75) is 76.5 Å². The van der Waals surface area contributed by atoms with Gasteiger partial charge in [-0.05, 0) is 50.3 Å². The Bertz CT molecular complexity index is 1200. The molecule has 2 fully saturated rings. The Kier molecular flexibility index (Phi) is 7.87. The first-order chi connectivity index (χ1) is 17.8. The molecule has 1 aromatic carbocycles. The Balaban J connectivity index is 1.68. The Morgan fingerprint density at radius 1 is 0.947 bits per heavy atom. The third kappa shape index (κ3) is 5.87. The van der Waals surface area contributed by atoms with Gasteiger partial charge < -0.3 is 20.9 Å². The van der Waals surface area contributed by atoms with Crippen LogP contribution in [0.3, 0.4) is 0 Å². The average Bonchev–Trinajstić information content (AvgIpc) is 3.25. The molecule has 2 aromatic rings. The fraction of sp³-hybridized carbons (Fsp3) is 0.556. The van der Waals surface area contributed by atoms with Crippen LogP contribution in [0.2, 0.25) is 0 Å². The summed E-state index contributed by atoms with van der Waals surface area (Å²) in [4.78, 5) is 43.6. The number of carbonyl (C=O) groups excluding carboxylic acids is 3. The molecule has 4 rings (SSSR count). The average molecular weight is 531 g/mol. The highest BCUT2D eigenvalue weighted by Crippen LogP contribution is 2.26. The van der Waals surface area contributed by atoms with Crippen LogP contribution in [0.25, 0.3) is 0 Å². The maximum atomic E-state index is 13.9. The molecule has 1 saturated carbocycles. The van der Waals surface area contributed by atoms with Gasteiger partial charge in [0.05, 0.1) is 5.69 Å². The molecular weight excluding hydrogens is 494 g/mol. The first kappa shape index (κ1) is 27.7. The van der Waals surface area contributed by atoms with Gasteiger partial charge >= 0.3 is 0 Å². The lowest BCUT2D eigenvalue weighted by Gasteiger charge is -2.43. The van der Waals surface area contributed by atoms with Gasteiger partial charge in [-0.15, -0.1) is 0 Å². The fourth-order valence-corrected chi connectivity index (χ4v) is 5.10. The number of nitrogens with one attached hydrogen (secondary N) is 1. The molecule has 1 aliphatic heterocycles. The highest BCUT2D eigenvalue weighted by Gasteiger charge is 2.42. The SMILES string of the molecule is Cn1nc(C(C)(C)C)cc1C(=O)N1CCCN(C(=O)c2cc(F)cc(F)c2)C1C(=O)NC1CCC(N)CC1. The van der Waals surface area contributed by atoms with Crippen LogP contribution in [-0.2, 0) is 17.3 Å². The van der Waals surface area contributed by atoms with E-state index in [0.29, 0.717) is 31.0 Å². The largest absolute Gasteiger partial charge is 0.350 e. The number of amides is 3. The second kappa shape index (κ2) is 10.8. The zero-order chi connectivity index (χ0) is 27.8. The van der Waals surface area contributed by atoms with Gasteiger partial charge in [-0.3, -0.25) is 19.1 Å². The van der Waals surface area contributed by atoms with E-state index in [1.165, 1.54) is 14.5 Å². The third-order valence-corrected chi connectivity index (χ3v) is 7.24. The molecule has 3 amide bonds. The lowest BCUT2D eigenvalue weighted by Crippen LogP contribution is -2.64. The number of hydrogen-bond acceptors (Lipinski definition) is 5. The summed E-state index contributed by atoms with van der Waals surface area (Å²) in [5.41, 5.74) is 6.46. The Hall–Kier alpha value is -3.34. The zero-order valence-electron chi connectivity index (χ0n) is 22.3. The van der Waals surface area contributed by atoms with Crippen molar-refractivity contribution in [3.05, 3.63) is 52.9 Å². The molecule has 38 heavy (non-hydrogen) atoms. The molecule has 1 aliphatic carbocycles. The molecule has 0 spiro atoms. The number of halogens is 2. The molecule has 206 valence electrons. The number of hydrogen-bond donors (Lipinski definition) is 2. The molecule has 2 heterocycles. The first-order valence-corrected chi connectivity index (χ1v) is 13.0. The van der Waals surface area contributed by atoms with Gasteiger partial charge in [-0.1, -0.05) is 20.8 Å². The molecule has 0 bridgehead atoms. The number of carbonyl (C=O) groups is 3. The van der Waals surface area contributed by atoms with Gasteiger partial charge in [-0.25, -0.2) is 8.78 Å². The van der Waals surface area contributed by atoms with Crippen LogP contribution in [0.1, 0.15) is 79.4 Å². The van der Waals surface area contributed by atoms with Crippen molar-refractivity contribution in [3.63, 3.8) is 0 Å². The molecule has 0 radical (unpaired) electrons. The summed E-state index contributed by atoms with van der Waals surface area (Å²) >= 11 is 0. The van der Waals surface area contributed by atoms with E-state index in [-0.39, 0.29) is 41.8 Å². The molecule has 1 unspecified atom stereocenters. The summed E-state index contributed by atoms with van der Waals surface area (Å²) in [7, 11) is 1.66. The number of nitrogens with zero attached hydrogens (tertiary/aromatic N) is 4. The van der Waals surface area contributed by atoms with Crippen LogP contribution in [0.5, 0.6) is 0 Å². The highest BCUT2D eigenvalue weighted by molar-refractivity contribution is 6.01. The molecule has 11 heteroatoms. The number of benzene rings is 1. The summed E-state index contributed by atoms with van der Waals surface area (Å²) < 4.78 is 29.4. The fourth-order valence-electron chi connectivity index (χ4n) is 5.10. The summed E-state index contributed by atoms with van der Waals surface area (Å²) in [5, 5.41) is 7.48. The maximum Gasteiger partial charge on any atom is 0.274 e. The highest BCUT2D eigenvalue weighted by atomic mass is 19.1. The number of aromatic nitrogens is 2. The number of nitrogens with two attached hydrogens (primary N) is 1. The van der Waals surface area contributed by atoms with E-state index in [2.05, 4.69) is 10.4 Å². The Morgan fingerprint density at radius 3 is 2.08 bits per heavy atom. The zero-order valence-corrected chi connectivity index (χ0v) is 22.3. The van der Waals surface area contributed by atoms with Gasteiger partial charge in [0.2, 0.25) is 0 Å². The molecule has 1 saturated heterocycles. The van der Waals surface area contributed by atoms with Crippen LogP contribution < -0.4 is 11.1 Å². The van der Waals surface area contributed by atoms with Crippen LogP contribution in [0.15, 0.2) is 24.3 Å². The first-order valence-electron chi connectivity index (χ1n) is 13.0. The van der Waals surface area contributed by atoms with E-state index in [0.717, 1.165) is 25.0 Å². The van der Waals surface area contributed by atoms with Crippen LogP contribution in [0, 0.1) is 11.6 Å². The van der Waals surface area contributed by atoms with Crippen LogP contribution in [0.4, 0.5) is 8.78 Å². The van der Waals surface area contributed by atoms with Gasteiger partial charge in [0.15, 0.2) is 6.17 Å². The minimum Gasteiger partial charge on any atom is -0.350 e. The van der Waals surface area contributed by atoms with Crippen molar-refractivity contribution < 1.29 is 23.2 Å². The van der Waals surface area contributed by atoms with Crippen molar-refractivity contribution in [2.24, 2.45) is 12.8 Å². The summed E-state index contributed by atoms with van der Waals surface area (Å²) in [6, 6.07) is 4.17. The predicted octanol–water partition coefficient (Wildman–Crippen LogP) is 2.70. The molecule has 1 aromatic heterocycles. The van der Waals surface area contributed by atoms with E-state index >= 15 is 0 Å². The van der Waals surface area contributed by atoms with E-state index in [9.17, 15) is 23.2 Å². The lowest BCUT2D eigenvalue weighted by molar-refractivity contribution is -0.133. The second-order valence-corrected chi connectivity index (χ2v) is 11.3. The third-order valence-electron chi connectivity index (χ3n) is 7.24. The van der Waals surface area contributed by atoms with E-state index in [1.807, 2.05) is 20.8 Å². The number of aryl methyl sites for hydroxylation is 1. The van der Waals surface area contributed by atoms with E-state index < -0.39 is 35.5 Å². The normalized spacial score (nSPS) is 22.3. The van der Waals surface area contributed by atoms with Gasteiger partial charge in [-0.2, -0.15) is 5.10 Å². The summed E-state index contributed by atoms with van der Waals surface area (Å²) in [6.07, 6.45) is 1.99. The van der Waals surface area contributed by atoms with Crippen LogP contribution >= 0.6 is 0 Å². The van der Waals surface area contributed by atoms with Crippen molar-refractivity contribution in [3.8, 4) is 0 Å². The second-order valence-electron chi connectivity index (χ2n) is 11.3. The summed E-state index contributed by atoms with van der Waals surface area (Å²) in [6.45, 7) is 6.32. The topological polar surface area (TPSA) is 114 Å². The molecule has 9 nitrogen and oxygen atoms in total. The van der Waals surface area contributed by atoms with Crippen molar-refractivity contribution >= 4 is 17.7 Å². The maximum absolute atomic E-state index is 13.9. The van der Waals surface area contributed by atoms with E-state index in [4.69, 9.17) is 5.73 Å². The molecule has 3 N–H and O–H groups in total. The minimum absolute atomic E-state index is 0.0821. The Morgan fingerprint density at radius 2 is 1.53 bits per heavy atom. The monoisotopic (exact) mass is 530 g/mol. The van der Waals surface area contributed by atoms with Crippen molar-refractivity contribution in [1.29, 1.82) is 0 Å².